The molecule has 0 aliphatic heterocycles. The van der Waals surface area contributed by atoms with E-state index in [0.717, 1.165) is 0 Å². The zero-order chi connectivity index (χ0) is 11.6. The highest BCUT2D eigenvalue weighted by Gasteiger charge is 2.11. The SMILES string of the molecule is NC(=O)CC[C@H](N)C(=O)O.NCCN. The number of carbonyl (C=O) groups excluding carboxylic acids is 1. The van der Waals surface area contributed by atoms with Crippen molar-refractivity contribution in [3.8, 4) is 0 Å². The van der Waals surface area contributed by atoms with Gasteiger partial charge in [0, 0.05) is 19.5 Å². The highest BCUT2D eigenvalue weighted by atomic mass is 16.4. The molecule has 7 heteroatoms. The molecule has 7 nitrogen and oxygen atoms in total. The number of rotatable bonds is 5. The monoisotopic (exact) mass is 206 g/mol. The van der Waals surface area contributed by atoms with Crippen molar-refractivity contribution in [2.24, 2.45) is 22.9 Å². The summed E-state index contributed by atoms with van der Waals surface area (Å²) < 4.78 is 0. The van der Waals surface area contributed by atoms with Crippen LogP contribution in [-0.4, -0.2) is 36.1 Å². The summed E-state index contributed by atoms with van der Waals surface area (Å²) in [6.07, 6.45) is 0.123. The molecule has 14 heavy (non-hydrogen) atoms. The van der Waals surface area contributed by atoms with E-state index in [9.17, 15) is 9.59 Å². The van der Waals surface area contributed by atoms with Crippen molar-refractivity contribution in [2.75, 3.05) is 13.1 Å². The topological polar surface area (TPSA) is 158 Å². The van der Waals surface area contributed by atoms with Gasteiger partial charge in [0.05, 0.1) is 0 Å². The Hall–Kier alpha value is -1.18. The quantitative estimate of drug-likeness (QED) is 0.336. The Morgan fingerprint density at radius 2 is 1.64 bits per heavy atom. The summed E-state index contributed by atoms with van der Waals surface area (Å²) in [5.41, 5.74) is 19.6. The van der Waals surface area contributed by atoms with Crippen LogP contribution < -0.4 is 22.9 Å². The molecule has 0 saturated heterocycles. The summed E-state index contributed by atoms with van der Waals surface area (Å²) in [6, 6.07) is -0.979. The first-order valence-electron chi connectivity index (χ1n) is 4.12. The van der Waals surface area contributed by atoms with E-state index in [4.69, 9.17) is 28.0 Å². The van der Waals surface area contributed by atoms with Gasteiger partial charge >= 0.3 is 5.97 Å². The first kappa shape index (κ1) is 15.3. The number of carboxylic acids is 1. The van der Waals surface area contributed by atoms with E-state index in [2.05, 4.69) is 0 Å². The van der Waals surface area contributed by atoms with Crippen LogP contribution in [0, 0.1) is 0 Å². The highest BCUT2D eigenvalue weighted by Crippen LogP contribution is 1.92. The highest BCUT2D eigenvalue weighted by molar-refractivity contribution is 5.76. The second-order valence-corrected chi connectivity index (χ2v) is 2.53. The maximum Gasteiger partial charge on any atom is 0.320 e. The van der Waals surface area contributed by atoms with Crippen molar-refractivity contribution in [3.05, 3.63) is 0 Å². The van der Waals surface area contributed by atoms with Crippen molar-refractivity contribution in [1.29, 1.82) is 0 Å². The van der Waals surface area contributed by atoms with E-state index in [1.54, 1.807) is 0 Å². The number of primary amides is 1. The predicted molar refractivity (Wildman–Crippen MR) is 52.1 cm³/mol. The Balaban J connectivity index is 0. The van der Waals surface area contributed by atoms with Crippen molar-refractivity contribution in [1.82, 2.24) is 0 Å². The Labute approximate surface area is 82.4 Å². The zero-order valence-corrected chi connectivity index (χ0v) is 7.98. The minimum absolute atomic E-state index is 0.0213. The van der Waals surface area contributed by atoms with Crippen LogP contribution in [-0.2, 0) is 9.59 Å². The minimum atomic E-state index is -1.11. The summed E-state index contributed by atoms with van der Waals surface area (Å²) in [5, 5.41) is 8.22. The molecule has 1 amide bonds. The van der Waals surface area contributed by atoms with Crippen LogP contribution in [0.25, 0.3) is 0 Å². The summed E-state index contributed by atoms with van der Waals surface area (Å²) in [5.74, 6) is -1.64. The zero-order valence-electron chi connectivity index (χ0n) is 7.98. The second kappa shape index (κ2) is 9.90. The van der Waals surface area contributed by atoms with Gasteiger partial charge in [0.1, 0.15) is 6.04 Å². The van der Waals surface area contributed by atoms with Crippen LogP contribution in [0.3, 0.4) is 0 Å². The van der Waals surface area contributed by atoms with Crippen LogP contribution in [0.5, 0.6) is 0 Å². The Morgan fingerprint density at radius 3 is 1.86 bits per heavy atom. The summed E-state index contributed by atoms with van der Waals surface area (Å²) in [6.45, 7) is 1.19. The van der Waals surface area contributed by atoms with E-state index in [1.807, 2.05) is 0 Å². The Kier molecular flexibility index (Phi) is 10.8. The summed E-state index contributed by atoms with van der Waals surface area (Å²) in [7, 11) is 0. The van der Waals surface area contributed by atoms with Crippen molar-refractivity contribution in [3.63, 3.8) is 0 Å². The molecule has 0 spiro atoms. The van der Waals surface area contributed by atoms with Crippen LogP contribution in [0.4, 0.5) is 0 Å². The molecule has 0 fully saturated rings. The van der Waals surface area contributed by atoms with Crippen molar-refractivity contribution < 1.29 is 14.7 Å². The Morgan fingerprint density at radius 1 is 1.21 bits per heavy atom. The third kappa shape index (κ3) is 13.4. The van der Waals surface area contributed by atoms with Gasteiger partial charge in [-0.3, -0.25) is 9.59 Å². The molecule has 0 aromatic rings. The fourth-order valence-electron chi connectivity index (χ4n) is 0.421. The molecule has 0 aliphatic carbocycles. The van der Waals surface area contributed by atoms with Crippen LogP contribution in [0.2, 0.25) is 0 Å². The molecule has 84 valence electrons. The molecule has 0 aromatic heterocycles. The lowest BCUT2D eigenvalue weighted by molar-refractivity contribution is -0.138. The number of carboxylic acid groups (broad SMARTS) is 1. The van der Waals surface area contributed by atoms with Crippen molar-refractivity contribution in [2.45, 2.75) is 18.9 Å². The van der Waals surface area contributed by atoms with Gasteiger partial charge in [-0.15, -0.1) is 0 Å². The third-order valence-corrected chi connectivity index (χ3v) is 1.19. The maximum atomic E-state index is 10.1. The van der Waals surface area contributed by atoms with Crippen molar-refractivity contribution >= 4 is 11.9 Å². The van der Waals surface area contributed by atoms with Gasteiger partial charge in [0.25, 0.3) is 0 Å². The predicted octanol–water partition coefficient (Wildman–Crippen LogP) is -2.43. The lowest BCUT2D eigenvalue weighted by atomic mass is 10.2. The Bertz CT molecular complexity index is 172. The fraction of sp³-hybridized carbons (Fsp3) is 0.714. The number of nitrogens with two attached hydrogens (primary N) is 4. The number of aliphatic carboxylic acids is 1. The molecular weight excluding hydrogens is 188 g/mol. The molecule has 0 unspecified atom stereocenters. The lowest BCUT2D eigenvalue weighted by Gasteiger charge is -2.01. The van der Waals surface area contributed by atoms with Gasteiger partial charge in [-0.05, 0) is 6.42 Å². The lowest BCUT2D eigenvalue weighted by Crippen LogP contribution is -2.31. The van der Waals surface area contributed by atoms with Gasteiger partial charge in [-0.25, -0.2) is 0 Å². The molecule has 1 atom stereocenters. The van der Waals surface area contributed by atoms with E-state index in [1.165, 1.54) is 0 Å². The largest absolute Gasteiger partial charge is 0.480 e. The summed E-state index contributed by atoms with van der Waals surface area (Å²) >= 11 is 0. The first-order valence-corrected chi connectivity index (χ1v) is 4.12. The fourth-order valence-corrected chi connectivity index (χ4v) is 0.421. The molecule has 9 N–H and O–H groups in total. The molecule has 0 heterocycles. The average Bonchev–Trinajstić information content (AvgIpc) is 2.14. The molecule has 0 rings (SSSR count). The smallest absolute Gasteiger partial charge is 0.320 e. The van der Waals surface area contributed by atoms with Gasteiger partial charge < -0.3 is 28.0 Å². The van der Waals surface area contributed by atoms with Gasteiger partial charge in [0.2, 0.25) is 5.91 Å². The first-order chi connectivity index (χ1) is 6.45. The average molecular weight is 206 g/mol. The molecule has 0 aromatic carbocycles. The van der Waals surface area contributed by atoms with E-state index in [-0.39, 0.29) is 12.8 Å². The number of hydrogen-bond donors (Lipinski definition) is 5. The molecule has 0 radical (unpaired) electrons. The number of amides is 1. The minimum Gasteiger partial charge on any atom is -0.480 e. The van der Waals surface area contributed by atoms with Crippen LogP contribution in [0.1, 0.15) is 12.8 Å². The number of hydrogen-bond acceptors (Lipinski definition) is 5. The van der Waals surface area contributed by atoms with E-state index in [0.29, 0.717) is 13.1 Å². The molecule has 0 bridgehead atoms. The molecule has 0 saturated carbocycles. The second-order valence-electron chi connectivity index (χ2n) is 2.53. The molecule has 0 aliphatic rings. The van der Waals surface area contributed by atoms with Crippen LogP contribution in [0.15, 0.2) is 0 Å². The maximum absolute atomic E-state index is 10.1. The normalized spacial score (nSPS) is 11.1. The van der Waals surface area contributed by atoms with E-state index < -0.39 is 17.9 Å². The molecular formula is C7H18N4O3. The third-order valence-electron chi connectivity index (χ3n) is 1.19. The van der Waals surface area contributed by atoms with E-state index >= 15 is 0 Å². The van der Waals surface area contributed by atoms with Crippen LogP contribution >= 0.6 is 0 Å². The summed E-state index contributed by atoms with van der Waals surface area (Å²) in [4.78, 5) is 20.1. The number of carbonyl (C=O) groups is 2. The van der Waals surface area contributed by atoms with Gasteiger partial charge in [-0.2, -0.15) is 0 Å². The standard InChI is InChI=1S/C5H10N2O3.C2H8N2/c6-3(5(9)10)1-2-4(7)8;3-1-2-4/h3H,1-2,6H2,(H2,7,8)(H,9,10);1-4H2/t3-;/m0./s1. The van der Waals surface area contributed by atoms with Gasteiger partial charge in [-0.1, -0.05) is 0 Å². The van der Waals surface area contributed by atoms with Gasteiger partial charge in [0.15, 0.2) is 0 Å².